The average molecular weight is 217 g/mol. The Bertz CT molecular complexity index is 514. The number of nitrogens with zero attached hydrogens (tertiary/aromatic N) is 1. The molecule has 1 aromatic heterocycles. The van der Waals surface area contributed by atoms with Crippen molar-refractivity contribution < 1.29 is 13.5 Å². The molecular weight excluding hydrogens is 209 g/mol. The molecule has 1 aromatic carbocycles. The van der Waals surface area contributed by atoms with E-state index >= 15 is 0 Å². The molecule has 0 unspecified atom stereocenters. The number of nitriles is 1. The Morgan fingerprint density at radius 2 is 2.25 bits per heavy atom. The van der Waals surface area contributed by atoms with Crippen LogP contribution in [0.25, 0.3) is 0 Å². The Morgan fingerprint density at radius 3 is 2.94 bits per heavy atom. The van der Waals surface area contributed by atoms with Gasteiger partial charge >= 0.3 is 0 Å². The van der Waals surface area contributed by atoms with Gasteiger partial charge in [-0.25, -0.2) is 4.39 Å². The summed E-state index contributed by atoms with van der Waals surface area (Å²) in [7, 11) is 0. The van der Waals surface area contributed by atoms with Crippen LogP contribution in [0.4, 0.5) is 4.39 Å². The third-order valence-corrected chi connectivity index (χ3v) is 2.06. The second-order valence-corrected chi connectivity index (χ2v) is 3.15. The minimum atomic E-state index is -0.577. The van der Waals surface area contributed by atoms with Gasteiger partial charge in [-0.1, -0.05) is 6.07 Å². The summed E-state index contributed by atoms with van der Waals surface area (Å²) in [6, 6.07) is 7.80. The van der Waals surface area contributed by atoms with Crippen LogP contribution in [0.5, 0.6) is 5.75 Å². The highest BCUT2D eigenvalue weighted by molar-refractivity contribution is 5.43. The monoisotopic (exact) mass is 217 g/mol. The fourth-order valence-electron chi connectivity index (χ4n) is 1.27. The standard InChI is InChI=1S/C12H8FNO2/c13-11-2-1-3-12(10(11)6-14)16-8-9-4-5-15-7-9/h1-5,7H,8H2. The van der Waals surface area contributed by atoms with Crippen molar-refractivity contribution in [1.82, 2.24) is 0 Å². The molecule has 0 fully saturated rings. The zero-order chi connectivity index (χ0) is 11.4. The van der Waals surface area contributed by atoms with Crippen LogP contribution < -0.4 is 4.74 Å². The molecule has 1 heterocycles. The van der Waals surface area contributed by atoms with Gasteiger partial charge in [0.15, 0.2) is 0 Å². The Labute approximate surface area is 91.7 Å². The van der Waals surface area contributed by atoms with E-state index in [9.17, 15) is 4.39 Å². The van der Waals surface area contributed by atoms with E-state index < -0.39 is 5.82 Å². The van der Waals surface area contributed by atoms with E-state index in [4.69, 9.17) is 14.4 Å². The topological polar surface area (TPSA) is 46.2 Å². The van der Waals surface area contributed by atoms with E-state index in [0.29, 0.717) is 0 Å². The molecule has 0 atom stereocenters. The highest BCUT2D eigenvalue weighted by Gasteiger charge is 2.08. The number of furan rings is 1. The van der Waals surface area contributed by atoms with E-state index in [2.05, 4.69) is 0 Å². The summed E-state index contributed by atoms with van der Waals surface area (Å²) in [6.07, 6.45) is 3.06. The van der Waals surface area contributed by atoms with Gasteiger partial charge in [-0.05, 0) is 18.2 Å². The minimum absolute atomic E-state index is 0.0778. The molecule has 2 rings (SSSR count). The lowest BCUT2D eigenvalue weighted by molar-refractivity contribution is 0.302. The number of hydrogen-bond acceptors (Lipinski definition) is 3. The van der Waals surface area contributed by atoms with Crippen molar-refractivity contribution in [3.05, 3.63) is 53.7 Å². The molecule has 0 N–H and O–H groups in total. The van der Waals surface area contributed by atoms with Crippen molar-refractivity contribution in [2.24, 2.45) is 0 Å². The Hall–Kier alpha value is -2.28. The molecule has 0 aliphatic rings. The number of rotatable bonds is 3. The molecule has 0 aliphatic heterocycles. The van der Waals surface area contributed by atoms with Crippen LogP contribution in [-0.2, 0) is 6.61 Å². The third kappa shape index (κ3) is 2.04. The van der Waals surface area contributed by atoms with Gasteiger partial charge in [0.2, 0.25) is 0 Å². The Morgan fingerprint density at radius 1 is 1.38 bits per heavy atom. The first-order chi connectivity index (χ1) is 7.81. The lowest BCUT2D eigenvalue weighted by atomic mass is 10.2. The number of hydrogen-bond donors (Lipinski definition) is 0. The summed E-state index contributed by atoms with van der Waals surface area (Å²) in [5.41, 5.74) is 0.749. The predicted molar refractivity (Wildman–Crippen MR) is 54.2 cm³/mol. The molecule has 3 nitrogen and oxygen atoms in total. The van der Waals surface area contributed by atoms with Gasteiger partial charge in [-0.15, -0.1) is 0 Å². The molecule has 0 spiro atoms. The fourth-order valence-corrected chi connectivity index (χ4v) is 1.27. The molecule has 2 aromatic rings. The molecule has 0 aliphatic carbocycles. The van der Waals surface area contributed by atoms with Gasteiger partial charge in [0.25, 0.3) is 0 Å². The summed E-state index contributed by atoms with van der Waals surface area (Å²) in [5, 5.41) is 8.77. The van der Waals surface area contributed by atoms with Crippen LogP contribution in [0.1, 0.15) is 11.1 Å². The van der Waals surface area contributed by atoms with E-state index in [1.807, 2.05) is 0 Å². The van der Waals surface area contributed by atoms with Crippen molar-refractivity contribution in [1.29, 1.82) is 5.26 Å². The van der Waals surface area contributed by atoms with E-state index in [-0.39, 0.29) is 17.9 Å². The van der Waals surface area contributed by atoms with Gasteiger partial charge in [0.05, 0.1) is 12.5 Å². The molecule has 80 valence electrons. The van der Waals surface area contributed by atoms with Crippen LogP contribution in [0, 0.1) is 17.1 Å². The minimum Gasteiger partial charge on any atom is -0.487 e. The maximum atomic E-state index is 13.2. The summed E-state index contributed by atoms with van der Waals surface area (Å²) in [6.45, 7) is 0.245. The van der Waals surface area contributed by atoms with Crippen LogP contribution in [0.2, 0.25) is 0 Å². The Balaban J connectivity index is 2.16. The molecule has 0 bridgehead atoms. The van der Waals surface area contributed by atoms with Gasteiger partial charge in [-0.3, -0.25) is 0 Å². The van der Waals surface area contributed by atoms with Crippen LogP contribution in [0.15, 0.2) is 41.2 Å². The maximum absolute atomic E-state index is 13.2. The molecule has 16 heavy (non-hydrogen) atoms. The summed E-state index contributed by atoms with van der Waals surface area (Å²) >= 11 is 0. The maximum Gasteiger partial charge on any atom is 0.144 e. The second-order valence-electron chi connectivity index (χ2n) is 3.15. The van der Waals surface area contributed by atoms with Crippen LogP contribution >= 0.6 is 0 Å². The predicted octanol–water partition coefficient (Wildman–Crippen LogP) is 2.87. The molecule has 0 radical (unpaired) electrons. The zero-order valence-electron chi connectivity index (χ0n) is 8.31. The fraction of sp³-hybridized carbons (Fsp3) is 0.0833. The molecular formula is C12H8FNO2. The lowest BCUT2D eigenvalue weighted by Crippen LogP contribution is -1.97. The molecule has 4 heteroatoms. The van der Waals surface area contributed by atoms with Gasteiger partial charge < -0.3 is 9.15 Å². The largest absolute Gasteiger partial charge is 0.487 e. The van der Waals surface area contributed by atoms with Crippen molar-refractivity contribution in [3.8, 4) is 11.8 Å². The molecule has 0 saturated heterocycles. The average Bonchev–Trinajstić information content (AvgIpc) is 2.79. The SMILES string of the molecule is N#Cc1c(F)cccc1OCc1ccoc1. The van der Waals surface area contributed by atoms with Crippen molar-refractivity contribution in [2.45, 2.75) is 6.61 Å². The van der Waals surface area contributed by atoms with E-state index in [0.717, 1.165) is 5.56 Å². The van der Waals surface area contributed by atoms with Crippen LogP contribution in [-0.4, -0.2) is 0 Å². The lowest BCUT2D eigenvalue weighted by Gasteiger charge is -2.06. The van der Waals surface area contributed by atoms with E-state index in [1.54, 1.807) is 18.2 Å². The van der Waals surface area contributed by atoms with Crippen LogP contribution in [0.3, 0.4) is 0 Å². The quantitative estimate of drug-likeness (QED) is 0.794. The second kappa shape index (κ2) is 4.49. The van der Waals surface area contributed by atoms with Crippen molar-refractivity contribution >= 4 is 0 Å². The van der Waals surface area contributed by atoms with Gasteiger partial charge in [0, 0.05) is 5.56 Å². The highest BCUT2D eigenvalue weighted by atomic mass is 19.1. The number of ether oxygens (including phenoxy) is 1. The first kappa shape index (κ1) is 10.2. The smallest absolute Gasteiger partial charge is 0.144 e. The number of halogens is 1. The Kier molecular flexibility index (Phi) is 2.88. The van der Waals surface area contributed by atoms with Gasteiger partial charge in [0.1, 0.15) is 29.8 Å². The first-order valence-electron chi connectivity index (χ1n) is 4.64. The highest BCUT2D eigenvalue weighted by Crippen LogP contribution is 2.21. The summed E-state index contributed by atoms with van der Waals surface area (Å²) < 4.78 is 23.4. The first-order valence-corrected chi connectivity index (χ1v) is 4.64. The van der Waals surface area contributed by atoms with Crippen molar-refractivity contribution in [3.63, 3.8) is 0 Å². The summed E-state index contributed by atoms with van der Waals surface area (Å²) in [4.78, 5) is 0. The number of benzene rings is 1. The zero-order valence-corrected chi connectivity index (χ0v) is 8.31. The van der Waals surface area contributed by atoms with Gasteiger partial charge in [-0.2, -0.15) is 5.26 Å². The third-order valence-electron chi connectivity index (χ3n) is 2.06. The summed E-state index contributed by atoms with van der Waals surface area (Å²) in [5.74, 6) is -0.337. The van der Waals surface area contributed by atoms with Crippen molar-refractivity contribution in [2.75, 3.05) is 0 Å². The molecule has 0 saturated carbocycles. The molecule has 0 amide bonds. The normalized spacial score (nSPS) is 9.75. The van der Waals surface area contributed by atoms with E-state index in [1.165, 1.54) is 24.7 Å².